The Kier molecular flexibility index (Phi) is 3.90. The van der Waals surface area contributed by atoms with Gasteiger partial charge in [-0.2, -0.15) is 0 Å². The van der Waals surface area contributed by atoms with Gasteiger partial charge in [-0.3, -0.25) is 0 Å². The summed E-state index contributed by atoms with van der Waals surface area (Å²) in [5, 5.41) is 8.94. The highest BCUT2D eigenvalue weighted by molar-refractivity contribution is 4.97. The van der Waals surface area contributed by atoms with Gasteiger partial charge in [-0.15, -0.1) is 0 Å². The summed E-state index contributed by atoms with van der Waals surface area (Å²) in [6.07, 6.45) is 4.56. The second-order valence-electron chi connectivity index (χ2n) is 3.50. The molecule has 13 heavy (non-hydrogen) atoms. The van der Waals surface area contributed by atoms with E-state index in [1.807, 2.05) is 26.0 Å². The molecule has 3 nitrogen and oxygen atoms in total. The molecule has 0 radical (unpaired) electrons. The third kappa shape index (κ3) is 2.79. The van der Waals surface area contributed by atoms with Crippen molar-refractivity contribution in [1.29, 1.82) is 0 Å². The number of aliphatic hydroxyl groups excluding tert-OH is 1. The maximum absolute atomic E-state index is 8.94. The summed E-state index contributed by atoms with van der Waals surface area (Å²) in [6, 6.07) is 0. The molecule has 1 heterocycles. The smallest absolute Gasteiger partial charge is 0.188 e. The Morgan fingerprint density at radius 1 is 1.46 bits per heavy atom. The van der Waals surface area contributed by atoms with Crippen LogP contribution in [0.1, 0.15) is 20.3 Å². The highest BCUT2D eigenvalue weighted by atomic mass is 16.7. The molecule has 1 rings (SSSR count). The van der Waals surface area contributed by atoms with E-state index in [2.05, 4.69) is 0 Å². The fourth-order valence-electron chi connectivity index (χ4n) is 1.56. The lowest BCUT2D eigenvalue weighted by atomic mass is 10.0. The van der Waals surface area contributed by atoms with E-state index >= 15 is 0 Å². The molecule has 0 amide bonds. The molecule has 0 aromatic rings. The van der Waals surface area contributed by atoms with Crippen LogP contribution in [0.15, 0.2) is 12.2 Å². The molecule has 1 saturated heterocycles. The largest absolute Gasteiger partial charge is 0.396 e. The van der Waals surface area contributed by atoms with Crippen LogP contribution in [0.4, 0.5) is 0 Å². The minimum atomic E-state index is -0.573. The summed E-state index contributed by atoms with van der Waals surface area (Å²) in [7, 11) is 0. The van der Waals surface area contributed by atoms with Crippen LogP contribution in [0.5, 0.6) is 0 Å². The average molecular weight is 186 g/mol. The zero-order valence-corrected chi connectivity index (χ0v) is 8.32. The van der Waals surface area contributed by atoms with Gasteiger partial charge < -0.3 is 14.6 Å². The molecule has 76 valence electrons. The first-order valence-electron chi connectivity index (χ1n) is 4.75. The van der Waals surface area contributed by atoms with Gasteiger partial charge >= 0.3 is 0 Å². The minimum Gasteiger partial charge on any atom is -0.396 e. The SMILES string of the molecule is C/C=C\C1(CC(C)CO)OCCO1. The highest BCUT2D eigenvalue weighted by Crippen LogP contribution is 2.28. The quantitative estimate of drug-likeness (QED) is 0.673. The lowest BCUT2D eigenvalue weighted by molar-refractivity contribution is -0.131. The lowest BCUT2D eigenvalue weighted by Gasteiger charge is -2.26. The van der Waals surface area contributed by atoms with E-state index in [9.17, 15) is 0 Å². The average Bonchev–Trinajstić information content (AvgIpc) is 2.54. The first-order chi connectivity index (χ1) is 6.22. The minimum absolute atomic E-state index is 0.173. The van der Waals surface area contributed by atoms with Gasteiger partial charge in [0.2, 0.25) is 0 Å². The molecule has 0 aliphatic carbocycles. The third-order valence-electron chi connectivity index (χ3n) is 2.14. The van der Waals surface area contributed by atoms with Crippen LogP contribution in [-0.4, -0.2) is 30.7 Å². The molecular formula is C10H18O3. The van der Waals surface area contributed by atoms with Gasteiger partial charge in [-0.25, -0.2) is 0 Å². The highest BCUT2D eigenvalue weighted by Gasteiger charge is 2.34. The molecule has 1 unspecified atom stereocenters. The van der Waals surface area contributed by atoms with Gasteiger partial charge in [-0.1, -0.05) is 13.0 Å². The van der Waals surface area contributed by atoms with Gasteiger partial charge in [0.05, 0.1) is 13.2 Å². The van der Waals surface area contributed by atoms with Gasteiger partial charge in [0, 0.05) is 13.0 Å². The standard InChI is InChI=1S/C10H18O3/c1-3-4-10(7-9(2)8-11)12-5-6-13-10/h3-4,9,11H,5-8H2,1-2H3/b4-3-. The van der Waals surface area contributed by atoms with Crippen molar-refractivity contribution in [2.24, 2.45) is 5.92 Å². The summed E-state index contributed by atoms with van der Waals surface area (Å²) in [5.74, 6) is -0.369. The van der Waals surface area contributed by atoms with E-state index < -0.39 is 5.79 Å². The Balaban J connectivity index is 2.56. The van der Waals surface area contributed by atoms with E-state index in [1.54, 1.807) is 0 Å². The van der Waals surface area contributed by atoms with E-state index in [1.165, 1.54) is 0 Å². The van der Waals surface area contributed by atoms with Crippen molar-refractivity contribution in [3.05, 3.63) is 12.2 Å². The van der Waals surface area contributed by atoms with Crippen LogP contribution in [0.25, 0.3) is 0 Å². The molecule has 1 aliphatic heterocycles. The fourth-order valence-corrected chi connectivity index (χ4v) is 1.56. The first-order valence-corrected chi connectivity index (χ1v) is 4.75. The molecule has 0 aromatic heterocycles. The van der Waals surface area contributed by atoms with Crippen LogP contribution >= 0.6 is 0 Å². The maximum atomic E-state index is 8.94. The summed E-state index contributed by atoms with van der Waals surface area (Å²) in [6.45, 7) is 5.38. The maximum Gasteiger partial charge on any atom is 0.188 e. The van der Waals surface area contributed by atoms with Gasteiger partial charge in [-0.05, 0) is 18.9 Å². The number of hydrogen-bond donors (Lipinski definition) is 1. The second kappa shape index (κ2) is 4.74. The Hall–Kier alpha value is -0.380. The number of hydrogen-bond acceptors (Lipinski definition) is 3. The fraction of sp³-hybridized carbons (Fsp3) is 0.800. The summed E-state index contributed by atoms with van der Waals surface area (Å²) >= 11 is 0. The predicted octanol–water partition coefficient (Wildman–Crippen LogP) is 1.32. The summed E-state index contributed by atoms with van der Waals surface area (Å²) in [4.78, 5) is 0. The Morgan fingerprint density at radius 2 is 2.08 bits per heavy atom. The molecule has 1 fully saturated rings. The molecule has 0 aromatic carbocycles. The molecule has 0 saturated carbocycles. The van der Waals surface area contributed by atoms with Crippen LogP contribution in [-0.2, 0) is 9.47 Å². The second-order valence-corrected chi connectivity index (χ2v) is 3.50. The van der Waals surface area contributed by atoms with Crippen molar-refractivity contribution < 1.29 is 14.6 Å². The Bertz CT molecular complexity index is 171. The molecule has 1 aliphatic rings. The van der Waals surface area contributed by atoms with Crippen molar-refractivity contribution in [3.63, 3.8) is 0 Å². The molecule has 0 bridgehead atoms. The monoisotopic (exact) mass is 186 g/mol. The lowest BCUT2D eigenvalue weighted by Crippen LogP contribution is -2.30. The molecule has 1 atom stereocenters. The zero-order valence-electron chi connectivity index (χ0n) is 8.32. The Labute approximate surface area is 79.3 Å². The van der Waals surface area contributed by atoms with Gasteiger partial charge in [0.15, 0.2) is 5.79 Å². The van der Waals surface area contributed by atoms with Crippen molar-refractivity contribution in [1.82, 2.24) is 0 Å². The van der Waals surface area contributed by atoms with Crippen molar-refractivity contribution in [3.8, 4) is 0 Å². The van der Waals surface area contributed by atoms with Crippen molar-refractivity contribution >= 4 is 0 Å². The van der Waals surface area contributed by atoms with Crippen LogP contribution in [0.3, 0.4) is 0 Å². The zero-order chi connectivity index (χ0) is 9.73. The van der Waals surface area contributed by atoms with Crippen molar-refractivity contribution in [2.75, 3.05) is 19.8 Å². The van der Waals surface area contributed by atoms with Crippen molar-refractivity contribution in [2.45, 2.75) is 26.1 Å². The van der Waals surface area contributed by atoms with E-state index in [-0.39, 0.29) is 12.5 Å². The molecule has 0 spiro atoms. The number of ether oxygens (including phenoxy) is 2. The van der Waals surface area contributed by atoms with Gasteiger partial charge in [0.1, 0.15) is 0 Å². The van der Waals surface area contributed by atoms with E-state index in [4.69, 9.17) is 14.6 Å². The summed E-state index contributed by atoms with van der Waals surface area (Å²) < 4.78 is 11.1. The van der Waals surface area contributed by atoms with Crippen LogP contribution < -0.4 is 0 Å². The number of allylic oxidation sites excluding steroid dienone is 1. The van der Waals surface area contributed by atoms with E-state index in [0.717, 1.165) is 0 Å². The normalized spacial score (nSPS) is 23.9. The first kappa shape index (κ1) is 10.7. The topological polar surface area (TPSA) is 38.7 Å². The van der Waals surface area contributed by atoms with Gasteiger partial charge in [0.25, 0.3) is 0 Å². The third-order valence-corrected chi connectivity index (χ3v) is 2.14. The van der Waals surface area contributed by atoms with Crippen LogP contribution in [0.2, 0.25) is 0 Å². The molecule has 3 heteroatoms. The van der Waals surface area contributed by atoms with Crippen LogP contribution in [0, 0.1) is 5.92 Å². The number of rotatable bonds is 4. The molecule has 1 N–H and O–H groups in total. The predicted molar refractivity (Wildman–Crippen MR) is 50.3 cm³/mol. The summed E-state index contributed by atoms with van der Waals surface area (Å²) in [5.41, 5.74) is 0. The number of aliphatic hydroxyl groups is 1. The Morgan fingerprint density at radius 3 is 2.54 bits per heavy atom. The van der Waals surface area contributed by atoms with E-state index in [0.29, 0.717) is 19.6 Å². The molecular weight excluding hydrogens is 168 g/mol.